The maximum absolute atomic E-state index is 5.77. The first kappa shape index (κ1) is 13.1. The third kappa shape index (κ3) is 3.34. The van der Waals surface area contributed by atoms with E-state index in [1.165, 1.54) is 0 Å². The molecule has 0 aliphatic rings. The zero-order chi connectivity index (χ0) is 12.8. The lowest BCUT2D eigenvalue weighted by molar-refractivity contribution is 0.160. The Morgan fingerprint density at radius 1 is 1.33 bits per heavy atom. The van der Waals surface area contributed by atoms with E-state index in [1.54, 1.807) is 7.11 Å². The molecule has 0 spiro atoms. The van der Waals surface area contributed by atoms with E-state index in [-0.39, 0.29) is 0 Å². The summed E-state index contributed by atoms with van der Waals surface area (Å²) >= 11 is 0. The summed E-state index contributed by atoms with van der Waals surface area (Å²) in [5.41, 5.74) is 0.952. The summed E-state index contributed by atoms with van der Waals surface area (Å²) in [6.45, 7) is 3.68. The minimum atomic E-state index is 0.396. The molecule has 0 radical (unpaired) electrons. The molecule has 1 N–H and O–H groups in total. The van der Waals surface area contributed by atoms with Crippen LogP contribution in [0.15, 0.2) is 34.7 Å². The van der Waals surface area contributed by atoms with Gasteiger partial charge in [0.1, 0.15) is 11.3 Å². The number of methoxy groups -OCH3 is 1. The largest absolute Gasteiger partial charge is 0.460 e. The van der Waals surface area contributed by atoms with Gasteiger partial charge in [0.25, 0.3) is 0 Å². The van der Waals surface area contributed by atoms with Crippen LogP contribution in [-0.2, 0) is 11.3 Å². The lowest BCUT2D eigenvalue weighted by Crippen LogP contribution is -2.32. The molecular weight excluding hydrogens is 226 g/mol. The second kappa shape index (κ2) is 6.57. The topological polar surface area (TPSA) is 34.4 Å². The number of furan rings is 1. The van der Waals surface area contributed by atoms with E-state index in [9.17, 15) is 0 Å². The molecule has 1 aromatic carbocycles. The van der Waals surface area contributed by atoms with E-state index in [4.69, 9.17) is 9.15 Å². The average molecular weight is 247 g/mol. The smallest absolute Gasteiger partial charge is 0.134 e. The average Bonchev–Trinajstić information content (AvgIpc) is 2.79. The van der Waals surface area contributed by atoms with Gasteiger partial charge in [0.2, 0.25) is 0 Å². The number of hydrogen-bond donors (Lipinski definition) is 1. The molecule has 2 rings (SSSR count). The van der Waals surface area contributed by atoms with E-state index in [2.05, 4.69) is 24.4 Å². The monoisotopic (exact) mass is 247 g/mol. The van der Waals surface area contributed by atoms with Gasteiger partial charge in [-0.3, -0.25) is 0 Å². The van der Waals surface area contributed by atoms with Gasteiger partial charge in [-0.25, -0.2) is 0 Å². The highest BCUT2D eigenvalue weighted by molar-refractivity contribution is 5.77. The Morgan fingerprint density at radius 3 is 2.89 bits per heavy atom. The Kier molecular flexibility index (Phi) is 4.79. The van der Waals surface area contributed by atoms with Crippen molar-refractivity contribution in [2.24, 2.45) is 0 Å². The molecule has 1 unspecified atom stereocenters. The van der Waals surface area contributed by atoms with Crippen molar-refractivity contribution in [1.29, 1.82) is 0 Å². The Morgan fingerprint density at radius 2 is 2.17 bits per heavy atom. The number of hydrogen-bond acceptors (Lipinski definition) is 3. The minimum Gasteiger partial charge on any atom is -0.460 e. The maximum Gasteiger partial charge on any atom is 0.134 e. The summed E-state index contributed by atoms with van der Waals surface area (Å²) in [6.07, 6.45) is 2.27. The summed E-state index contributed by atoms with van der Waals surface area (Å²) in [6, 6.07) is 10.6. The minimum absolute atomic E-state index is 0.396. The van der Waals surface area contributed by atoms with Gasteiger partial charge < -0.3 is 14.5 Å². The molecule has 98 valence electrons. The standard InChI is InChI=1S/C15H21NO2/c1-3-6-13(11-17-2)16-10-14-9-12-7-4-5-8-15(12)18-14/h4-5,7-9,13,16H,3,6,10-11H2,1-2H3. The molecule has 0 saturated heterocycles. The Balaban J connectivity index is 1.95. The molecule has 3 heteroatoms. The zero-order valence-electron chi connectivity index (χ0n) is 11.1. The summed E-state index contributed by atoms with van der Waals surface area (Å²) < 4.78 is 11.0. The Bertz CT molecular complexity index is 439. The summed E-state index contributed by atoms with van der Waals surface area (Å²) in [5, 5.41) is 4.64. The Hall–Kier alpha value is -1.32. The van der Waals surface area contributed by atoms with Crippen LogP contribution in [0.4, 0.5) is 0 Å². The summed E-state index contributed by atoms with van der Waals surface area (Å²) in [7, 11) is 1.74. The second-order valence-corrected chi connectivity index (χ2v) is 4.57. The van der Waals surface area contributed by atoms with Crippen LogP contribution in [-0.4, -0.2) is 19.8 Å². The van der Waals surface area contributed by atoms with E-state index in [1.807, 2.05) is 18.2 Å². The van der Waals surface area contributed by atoms with Crippen molar-refractivity contribution in [1.82, 2.24) is 5.32 Å². The van der Waals surface area contributed by atoms with Crippen LogP contribution in [0.5, 0.6) is 0 Å². The van der Waals surface area contributed by atoms with Crippen molar-refractivity contribution in [3.63, 3.8) is 0 Å². The molecule has 1 heterocycles. The number of para-hydroxylation sites is 1. The molecule has 1 aromatic heterocycles. The first-order chi connectivity index (χ1) is 8.83. The lowest BCUT2D eigenvalue weighted by atomic mass is 10.2. The molecule has 18 heavy (non-hydrogen) atoms. The van der Waals surface area contributed by atoms with E-state index in [0.717, 1.165) is 42.7 Å². The third-order valence-electron chi connectivity index (χ3n) is 3.05. The molecular formula is C15H21NO2. The van der Waals surface area contributed by atoms with Crippen LogP contribution in [0.2, 0.25) is 0 Å². The predicted molar refractivity (Wildman–Crippen MR) is 73.6 cm³/mol. The molecule has 0 aliphatic carbocycles. The van der Waals surface area contributed by atoms with E-state index < -0.39 is 0 Å². The summed E-state index contributed by atoms with van der Waals surface area (Å²) in [4.78, 5) is 0. The van der Waals surface area contributed by atoms with Gasteiger partial charge in [-0.05, 0) is 18.6 Å². The van der Waals surface area contributed by atoms with Crippen LogP contribution < -0.4 is 5.32 Å². The molecule has 0 fully saturated rings. The highest BCUT2D eigenvalue weighted by Crippen LogP contribution is 2.18. The molecule has 0 amide bonds. The molecule has 1 atom stereocenters. The fraction of sp³-hybridized carbons (Fsp3) is 0.467. The highest BCUT2D eigenvalue weighted by Gasteiger charge is 2.08. The van der Waals surface area contributed by atoms with Crippen LogP contribution in [0.1, 0.15) is 25.5 Å². The highest BCUT2D eigenvalue weighted by atomic mass is 16.5. The van der Waals surface area contributed by atoms with Crippen LogP contribution in [0.25, 0.3) is 11.0 Å². The van der Waals surface area contributed by atoms with Gasteiger partial charge in [0.05, 0.1) is 13.2 Å². The van der Waals surface area contributed by atoms with Crippen LogP contribution >= 0.6 is 0 Å². The fourth-order valence-corrected chi connectivity index (χ4v) is 2.16. The third-order valence-corrected chi connectivity index (χ3v) is 3.05. The predicted octanol–water partition coefficient (Wildman–Crippen LogP) is 3.34. The van der Waals surface area contributed by atoms with E-state index in [0.29, 0.717) is 6.04 Å². The molecule has 2 aromatic rings. The van der Waals surface area contributed by atoms with Gasteiger partial charge in [0.15, 0.2) is 0 Å². The normalized spacial score (nSPS) is 13.0. The van der Waals surface area contributed by atoms with Gasteiger partial charge in [-0.2, -0.15) is 0 Å². The van der Waals surface area contributed by atoms with Crippen molar-refractivity contribution in [3.8, 4) is 0 Å². The maximum atomic E-state index is 5.77. The number of nitrogens with one attached hydrogen (secondary N) is 1. The fourth-order valence-electron chi connectivity index (χ4n) is 2.16. The van der Waals surface area contributed by atoms with Crippen molar-refractivity contribution in [2.45, 2.75) is 32.4 Å². The van der Waals surface area contributed by atoms with Gasteiger partial charge in [-0.15, -0.1) is 0 Å². The molecule has 0 aliphatic heterocycles. The molecule has 0 saturated carbocycles. The summed E-state index contributed by atoms with van der Waals surface area (Å²) in [5.74, 6) is 0.980. The van der Waals surface area contributed by atoms with Gasteiger partial charge >= 0.3 is 0 Å². The van der Waals surface area contributed by atoms with Crippen molar-refractivity contribution >= 4 is 11.0 Å². The lowest BCUT2D eigenvalue weighted by Gasteiger charge is -2.15. The SMILES string of the molecule is CCCC(COC)NCc1cc2ccccc2o1. The number of rotatable bonds is 7. The number of fused-ring (bicyclic) bond motifs is 1. The molecule has 0 bridgehead atoms. The van der Waals surface area contributed by atoms with Crippen LogP contribution in [0, 0.1) is 0 Å². The van der Waals surface area contributed by atoms with Crippen molar-refractivity contribution < 1.29 is 9.15 Å². The second-order valence-electron chi connectivity index (χ2n) is 4.57. The number of ether oxygens (including phenoxy) is 1. The Labute approximate surface area is 108 Å². The van der Waals surface area contributed by atoms with Crippen molar-refractivity contribution in [2.75, 3.05) is 13.7 Å². The van der Waals surface area contributed by atoms with Gasteiger partial charge in [-0.1, -0.05) is 31.5 Å². The van der Waals surface area contributed by atoms with Crippen LogP contribution in [0.3, 0.4) is 0 Å². The van der Waals surface area contributed by atoms with Gasteiger partial charge in [0, 0.05) is 18.5 Å². The zero-order valence-corrected chi connectivity index (χ0v) is 11.1. The van der Waals surface area contributed by atoms with E-state index >= 15 is 0 Å². The first-order valence-corrected chi connectivity index (χ1v) is 6.53. The first-order valence-electron chi connectivity index (χ1n) is 6.53. The quantitative estimate of drug-likeness (QED) is 0.815. The van der Waals surface area contributed by atoms with Crippen molar-refractivity contribution in [3.05, 3.63) is 36.1 Å². The number of benzene rings is 1. The molecule has 3 nitrogen and oxygen atoms in total.